The minimum absolute atomic E-state index is 0.0462. The summed E-state index contributed by atoms with van der Waals surface area (Å²) in [6.45, 7) is 1.04. The largest absolute Gasteiger partial charge is 0.497 e. The molecule has 0 heterocycles. The van der Waals surface area contributed by atoms with E-state index in [1.165, 1.54) is 10.6 Å². The number of nitrogens with zero attached hydrogens (tertiary/aromatic N) is 1. The van der Waals surface area contributed by atoms with Crippen molar-refractivity contribution in [2.24, 2.45) is 5.92 Å². The van der Waals surface area contributed by atoms with Crippen LogP contribution in [-0.4, -0.2) is 51.6 Å². The summed E-state index contributed by atoms with van der Waals surface area (Å²) in [6.07, 6.45) is 4.82. The van der Waals surface area contributed by atoms with Gasteiger partial charge in [0.15, 0.2) is 0 Å². The molecule has 1 saturated carbocycles. The Morgan fingerprint density at radius 1 is 1.25 bits per heavy atom. The first-order valence-corrected chi connectivity index (χ1v) is 10.1. The Bertz CT molecular complexity index is 639. The molecule has 1 fully saturated rings. The van der Waals surface area contributed by atoms with E-state index in [0.29, 0.717) is 26.1 Å². The van der Waals surface area contributed by atoms with Gasteiger partial charge in [0.25, 0.3) is 0 Å². The lowest BCUT2D eigenvalue weighted by Gasteiger charge is -2.25. The van der Waals surface area contributed by atoms with E-state index in [-0.39, 0.29) is 11.8 Å². The molecule has 1 amide bonds. The zero-order chi connectivity index (χ0) is 17.6. The summed E-state index contributed by atoms with van der Waals surface area (Å²) in [5.41, 5.74) is 1.04. The van der Waals surface area contributed by atoms with E-state index in [1.54, 1.807) is 7.11 Å². The molecule has 1 aromatic rings. The monoisotopic (exact) mass is 354 g/mol. The molecule has 0 radical (unpaired) electrons. The van der Waals surface area contributed by atoms with E-state index in [4.69, 9.17) is 4.74 Å². The van der Waals surface area contributed by atoms with Crippen molar-refractivity contribution >= 4 is 15.9 Å². The number of rotatable bonds is 9. The summed E-state index contributed by atoms with van der Waals surface area (Å²) in [7, 11) is -1.69. The smallest absolute Gasteiger partial charge is 0.223 e. The Morgan fingerprint density at radius 2 is 1.92 bits per heavy atom. The summed E-state index contributed by atoms with van der Waals surface area (Å²) >= 11 is 0. The predicted molar refractivity (Wildman–Crippen MR) is 93.5 cm³/mol. The molecule has 134 valence electrons. The maximum Gasteiger partial charge on any atom is 0.223 e. The van der Waals surface area contributed by atoms with Crippen molar-refractivity contribution in [3.8, 4) is 5.75 Å². The number of sulfonamides is 1. The molecule has 2 rings (SSSR count). The fraction of sp³-hybridized carbons (Fsp3) is 0.588. The number of methoxy groups -OCH3 is 1. The fourth-order valence-corrected chi connectivity index (χ4v) is 3.45. The second-order valence-corrected chi connectivity index (χ2v) is 8.16. The predicted octanol–water partition coefficient (Wildman–Crippen LogP) is 1.42. The van der Waals surface area contributed by atoms with Crippen molar-refractivity contribution in [3.05, 3.63) is 29.8 Å². The van der Waals surface area contributed by atoms with Crippen LogP contribution in [0.1, 0.15) is 24.8 Å². The number of hydrogen-bond donors (Lipinski definition) is 1. The average Bonchev–Trinajstić information content (AvgIpc) is 2.48. The van der Waals surface area contributed by atoms with Crippen molar-refractivity contribution < 1.29 is 17.9 Å². The number of benzene rings is 1. The van der Waals surface area contributed by atoms with Gasteiger partial charge >= 0.3 is 0 Å². The van der Waals surface area contributed by atoms with Crippen LogP contribution < -0.4 is 10.1 Å². The van der Waals surface area contributed by atoms with Gasteiger partial charge in [-0.15, -0.1) is 0 Å². The number of hydrogen-bond acceptors (Lipinski definition) is 4. The van der Waals surface area contributed by atoms with E-state index < -0.39 is 10.0 Å². The number of amides is 1. The molecule has 1 aliphatic carbocycles. The van der Waals surface area contributed by atoms with Crippen LogP contribution >= 0.6 is 0 Å². The molecular weight excluding hydrogens is 328 g/mol. The Morgan fingerprint density at radius 3 is 2.42 bits per heavy atom. The molecule has 7 heteroatoms. The van der Waals surface area contributed by atoms with Crippen molar-refractivity contribution in [3.63, 3.8) is 0 Å². The maximum atomic E-state index is 11.9. The number of ether oxygens (including phenoxy) is 1. The Labute approximate surface area is 144 Å². The molecule has 24 heavy (non-hydrogen) atoms. The molecule has 0 spiro atoms. The van der Waals surface area contributed by atoms with E-state index in [2.05, 4.69) is 5.32 Å². The zero-order valence-corrected chi connectivity index (χ0v) is 15.1. The molecule has 0 unspecified atom stereocenters. The van der Waals surface area contributed by atoms with Crippen LogP contribution in [0.2, 0.25) is 0 Å². The molecule has 0 aliphatic heterocycles. The van der Waals surface area contributed by atoms with Gasteiger partial charge in [-0.2, -0.15) is 0 Å². The van der Waals surface area contributed by atoms with E-state index in [1.807, 2.05) is 24.3 Å². The van der Waals surface area contributed by atoms with Crippen molar-refractivity contribution in [1.82, 2.24) is 9.62 Å². The number of nitrogens with one attached hydrogen (secondary N) is 1. The second kappa shape index (κ2) is 8.48. The molecule has 0 bridgehead atoms. The molecule has 1 N–H and O–H groups in total. The highest BCUT2D eigenvalue weighted by molar-refractivity contribution is 7.88. The molecule has 1 aliphatic rings. The third-order valence-electron chi connectivity index (χ3n) is 4.41. The Balaban J connectivity index is 1.82. The molecule has 0 atom stereocenters. The maximum absolute atomic E-state index is 11.9. The van der Waals surface area contributed by atoms with Crippen molar-refractivity contribution in [2.45, 2.75) is 25.7 Å². The van der Waals surface area contributed by atoms with E-state index in [9.17, 15) is 13.2 Å². The van der Waals surface area contributed by atoms with Crippen LogP contribution in [0.5, 0.6) is 5.75 Å². The van der Waals surface area contributed by atoms with Gasteiger partial charge in [-0.1, -0.05) is 18.6 Å². The molecule has 0 aromatic heterocycles. The lowest BCUT2D eigenvalue weighted by molar-refractivity contribution is -0.127. The van der Waals surface area contributed by atoms with Gasteiger partial charge in [-0.3, -0.25) is 4.79 Å². The fourth-order valence-electron chi connectivity index (χ4n) is 2.61. The first-order chi connectivity index (χ1) is 11.4. The van der Waals surface area contributed by atoms with Crippen LogP contribution in [0.15, 0.2) is 24.3 Å². The van der Waals surface area contributed by atoms with Gasteiger partial charge in [-0.25, -0.2) is 12.7 Å². The van der Waals surface area contributed by atoms with Gasteiger partial charge in [0, 0.05) is 25.6 Å². The summed E-state index contributed by atoms with van der Waals surface area (Å²) in [6, 6.07) is 7.58. The average molecular weight is 354 g/mol. The summed E-state index contributed by atoms with van der Waals surface area (Å²) in [4.78, 5) is 11.8. The Kier molecular flexibility index (Phi) is 6.62. The van der Waals surface area contributed by atoms with Gasteiger partial charge in [0.1, 0.15) is 5.75 Å². The highest BCUT2D eigenvalue weighted by atomic mass is 32.2. The summed E-state index contributed by atoms with van der Waals surface area (Å²) < 4.78 is 30.4. The minimum atomic E-state index is -3.30. The first-order valence-electron chi connectivity index (χ1n) is 8.26. The third kappa shape index (κ3) is 5.49. The summed E-state index contributed by atoms with van der Waals surface area (Å²) in [5.74, 6) is 0.943. The SMILES string of the molecule is COc1ccc(CCN(CCNC(=O)C2CCC2)S(C)(=O)=O)cc1. The molecule has 6 nitrogen and oxygen atoms in total. The van der Waals surface area contributed by atoms with Crippen LogP contribution in [0.25, 0.3) is 0 Å². The van der Waals surface area contributed by atoms with Crippen molar-refractivity contribution in [2.75, 3.05) is 33.0 Å². The minimum Gasteiger partial charge on any atom is -0.497 e. The van der Waals surface area contributed by atoms with Gasteiger partial charge in [0.05, 0.1) is 13.4 Å². The van der Waals surface area contributed by atoms with Crippen LogP contribution in [0, 0.1) is 5.92 Å². The lowest BCUT2D eigenvalue weighted by atomic mass is 9.85. The number of carbonyl (C=O) groups excluding carboxylic acids is 1. The topological polar surface area (TPSA) is 75.7 Å². The van der Waals surface area contributed by atoms with Gasteiger partial charge in [0.2, 0.25) is 15.9 Å². The standard InChI is InChI=1S/C17H26N2O4S/c1-23-16-8-6-14(7-9-16)10-12-19(24(2,21)22)13-11-18-17(20)15-4-3-5-15/h6-9,15H,3-5,10-13H2,1-2H3,(H,18,20). The van der Waals surface area contributed by atoms with Gasteiger partial charge < -0.3 is 10.1 Å². The number of carbonyl (C=O) groups is 1. The van der Waals surface area contributed by atoms with Crippen LogP contribution in [0.4, 0.5) is 0 Å². The quantitative estimate of drug-likeness (QED) is 0.728. The third-order valence-corrected chi connectivity index (χ3v) is 5.72. The molecule has 0 saturated heterocycles. The van der Waals surface area contributed by atoms with Crippen LogP contribution in [-0.2, 0) is 21.2 Å². The van der Waals surface area contributed by atoms with Crippen molar-refractivity contribution in [1.29, 1.82) is 0 Å². The molecule has 1 aromatic carbocycles. The van der Waals surface area contributed by atoms with Gasteiger partial charge in [-0.05, 0) is 37.0 Å². The second-order valence-electron chi connectivity index (χ2n) is 6.18. The summed E-state index contributed by atoms with van der Waals surface area (Å²) in [5, 5.41) is 2.84. The molecular formula is C17H26N2O4S. The normalized spacial score (nSPS) is 15.1. The first kappa shape index (κ1) is 18.7. The lowest BCUT2D eigenvalue weighted by Crippen LogP contribution is -2.41. The van der Waals surface area contributed by atoms with Crippen LogP contribution in [0.3, 0.4) is 0 Å². The highest BCUT2D eigenvalue weighted by Gasteiger charge is 2.25. The van der Waals surface area contributed by atoms with E-state index in [0.717, 1.165) is 30.6 Å². The van der Waals surface area contributed by atoms with E-state index >= 15 is 0 Å². The Hall–Kier alpha value is -1.60. The highest BCUT2D eigenvalue weighted by Crippen LogP contribution is 2.26. The zero-order valence-electron chi connectivity index (χ0n) is 14.3.